The van der Waals surface area contributed by atoms with Crippen molar-refractivity contribution in [3.8, 4) is 0 Å². The molecular formula is C15H21N3O3. The van der Waals surface area contributed by atoms with Crippen LogP contribution >= 0.6 is 0 Å². The summed E-state index contributed by atoms with van der Waals surface area (Å²) < 4.78 is 0. The third-order valence-electron chi connectivity index (χ3n) is 3.65. The molecule has 1 aromatic carbocycles. The summed E-state index contributed by atoms with van der Waals surface area (Å²) in [6, 6.07) is 6.75. The van der Waals surface area contributed by atoms with E-state index in [-0.39, 0.29) is 17.6 Å². The molecule has 0 aromatic heterocycles. The zero-order valence-corrected chi connectivity index (χ0v) is 12.4. The Morgan fingerprint density at radius 1 is 1.38 bits per heavy atom. The molecule has 1 aliphatic heterocycles. The lowest BCUT2D eigenvalue weighted by Gasteiger charge is -2.18. The van der Waals surface area contributed by atoms with Crippen molar-refractivity contribution in [3.05, 3.63) is 39.9 Å². The smallest absolute Gasteiger partial charge is 0.269 e. The Labute approximate surface area is 124 Å². The Balaban J connectivity index is 1.86. The van der Waals surface area contributed by atoms with Crippen LogP contribution in [-0.4, -0.2) is 40.9 Å². The standard InChI is InChI=1S/C15H21N3O3/c1-11(2)16-14-8-10-17(15(14)19)9-7-12-3-5-13(6-4-12)18(20)21/h3-6,11,14,16H,7-10H2,1-2H3. The van der Waals surface area contributed by atoms with Gasteiger partial charge in [-0.3, -0.25) is 14.9 Å². The highest BCUT2D eigenvalue weighted by Gasteiger charge is 2.31. The van der Waals surface area contributed by atoms with Gasteiger partial charge in [-0.15, -0.1) is 0 Å². The summed E-state index contributed by atoms with van der Waals surface area (Å²) >= 11 is 0. The van der Waals surface area contributed by atoms with Gasteiger partial charge in [0.05, 0.1) is 11.0 Å². The first-order chi connectivity index (χ1) is 9.97. The Morgan fingerprint density at radius 2 is 2.05 bits per heavy atom. The van der Waals surface area contributed by atoms with E-state index in [0.717, 1.165) is 24.9 Å². The first-order valence-electron chi connectivity index (χ1n) is 7.25. The van der Waals surface area contributed by atoms with Crippen LogP contribution in [0.15, 0.2) is 24.3 Å². The molecule has 1 atom stereocenters. The number of amides is 1. The predicted octanol–water partition coefficient (Wildman–Crippen LogP) is 1.74. The summed E-state index contributed by atoms with van der Waals surface area (Å²) in [6.45, 7) is 5.50. The van der Waals surface area contributed by atoms with Gasteiger partial charge < -0.3 is 10.2 Å². The first kappa shape index (κ1) is 15.4. The van der Waals surface area contributed by atoms with Crippen molar-refractivity contribution in [1.29, 1.82) is 0 Å². The van der Waals surface area contributed by atoms with Gasteiger partial charge in [-0.2, -0.15) is 0 Å². The maximum Gasteiger partial charge on any atom is 0.269 e. The molecule has 1 aliphatic rings. The molecule has 0 radical (unpaired) electrons. The topological polar surface area (TPSA) is 75.5 Å². The van der Waals surface area contributed by atoms with Gasteiger partial charge in [0, 0.05) is 31.3 Å². The van der Waals surface area contributed by atoms with E-state index >= 15 is 0 Å². The molecule has 21 heavy (non-hydrogen) atoms. The van der Waals surface area contributed by atoms with Gasteiger partial charge in [-0.25, -0.2) is 0 Å². The predicted molar refractivity (Wildman–Crippen MR) is 80.1 cm³/mol. The van der Waals surface area contributed by atoms with Crippen LogP contribution in [0.4, 0.5) is 5.69 Å². The van der Waals surface area contributed by atoms with E-state index in [4.69, 9.17) is 0 Å². The van der Waals surface area contributed by atoms with E-state index in [1.165, 1.54) is 12.1 Å². The maximum absolute atomic E-state index is 12.2. The molecule has 6 heteroatoms. The molecule has 1 saturated heterocycles. The average Bonchev–Trinajstić information content (AvgIpc) is 2.77. The minimum atomic E-state index is -0.407. The van der Waals surface area contributed by atoms with Crippen molar-refractivity contribution in [2.24, 2.45) is 0 Å². The van der Waals surface area contributed by atoms with Crippen molar-refractivity contribution >= 4 is 11.6 Å². The van der Waals surface area contributed by atoms with Gasteiger partial charge in [0.1, 0.15) is 0 Å². The van der Waals surface area contributed by atoms with Crippen molar-refractivity contribution < 1.29 is 9.72 Å². The van der Waals surface area contributed by atoms with Crippen LogP contribution in [0.1, 0.15) is 25.8 Å². The number of hydrogen-bond acceptors (Lipinski definition) is 4. The molecule has 0 saturated carbocycles. The van der Waals surface area contributed by atoms with Crippen molar-refractivity contribution in [1.82, 2.24) is 10.2 Å². The molecular weight excluding hydrogens is 270 g/mol. The monoisotopic (exact) mass is 291 g/mol. The molecule has 2 rings (SSSR count). The van der Waals surface area contributed by atoms with Crippen molar-refractivity contribution in [2.45, 2.75) is 38.8 Å². The molecule has 1 aromatic rings. The number of nitro benzene ring substituents is 1. The summed E-state index contributed by atoms with van der Waals surface area (Å²) in [5.41, 5.74) is 1.10. The van der Waals surface area contributed by atoms with Gasteiger partial charge in [-0.05, 0) is 18.4 Å². The molecule has 1 N–H and O–H groups in total. The van der Waals surface area contributed by atoms with Gasteiger partial charge in [-0.1, -0.05) is 26.0 Å². The highest BCUT2D eigenvalue weighted by molar-refractivity contribution is 5.84. The Kier molecular flexibility index (Phi) is 4.90. The molecule has 1 unspecified atom stereocenters. The highest BCUT2D eigenvalue weighted by Crippen LogP contribution is 2.15. The second-order valence-electron chi connectivity index (χ2n) is 5.66. The summed E-state index contributed by atoms with van der Waals surface area (Å²) in [6.07, 6.45) is 1.56. The Hall–Kier alpha value is -1.95. The largest absolute Gasteiger partial charge is 0.341 e. The maximum atomic E-state index is 12.2. The zero-order valence-electron chi connectivity index (χ0n) is 12.4. The number of likely N-dealkylation sites (tertiary alicyclic amines) is 1. The molecule has 0 aliphatic carbocycles. The Morgan fingerprint density at radius 3 is 2.62 bits per heavy atom. The number of rotatable bonds is 6. The van der Waals surface area contributed by atoms with E-state index in [1.807, 2.05) is 18.7 Å². The second kappa shape index (κ2) is 6.67. The van der Waals surface area contributed by atoms with Crippen LogP contribution in [0.5, 0.6) is 0 Å². The molecule has 114 valence electrons. The lowest BCUT2D eigenvalue weighted by atomic mass is 10.1. The van der Waals surface area contributed by atoms with E-state index in [1.54, 1.807) is 12.1 Å². The van der Waals surface area contributed by atoms with Crippen LogP contribution in [0, 0.1) is 10.1 Å². The summed E-state index contributed by atoms with van der Waals surface area (Å²) in [4.78, 5) is 24.2. The van der Waals surface area contributed by atoms with Crippen LogP contribution < -0.4 is 5.32 Å². The molecule has 1 amide bonds. The Bertz CT molecular complexity index is 513. The third-order valence-corrected chi connectivity index (χ3v) is 3.65. The lowest BCUT2D eigenvalue weighted by molar-refractivity contribution is -0.384. The van der Waals surface area contributed by atoms with Crippen LogP contribution in [0.3, 0.4) is 0 Å². The molecule has 1 fully saturated rings. The van der Waals surface area contributed by atoms with Gasteiger partial charge in [0.2, 0.25) is 5.91 Å². The molecule has 1 heterocycles. The third kappa shape index (κ3) is 4.01. The van der Waals surface area contributed by atoms with Gasteiger partial charge in [0.15, 0.2) is 0 Å². The minimum absolute atomic E-state index is 0.0677. The number of nitrogens with zero attached hydrogens (tertiary/aromatic N) is 2. The number of nitro groups is 1. The van der Waals surface area contributed by atoms with E-state index in [2.05, 4.69) is 5.32 Å². The number of benzene rings is 1. The summed E-state index contributed by atoms with van der Waals surface area (Å²) in [5, 5.41) is 13.9. The van der Waals surface area contributed by atoms with Gasteiger partial charge >= 0.3 is 0 Å². The molecule has 0 bridgehead atoms. The van der Waals surface area contributed by atoms with Gasteiger partial charge in [0.25, 0.3) is 5.69 Å². The summed E-state index contributed by atoms with van der Waals surface area (Å²) in [5.74, 6) is 0.158. The second-order valence-corrected chi connectivity index (χ2v) is 5.66. The first-order valence-corrected chi connectivity index (χ1v) is 7.25. The summed E-state index contributed by atoms with van der Waals surface area (Å²) in [7, 11) is 0. The normalized spacial score (nSPS) is 18.5. The van der Waals surface area contributed by atoms with Crippen LogP contribution in [-0.2, 0) is 11.2 Å². The van der Waals surface area contributed by atoms with Crippen LogP contribution in [0.2, 0.25) is 0 Å². The molecule has 0 spiro atoms. The fourth-order valence-corrected chi connectivity index (χ4v) is 2.57. The van der Waals surface area contributed by atoms with Crippen molar-refractivity contribution in [3.63, 3.8) is 0 Å². The number of carbonyl (C=O) groups excluding carboxylic acids is 1. The van der Waals surface area contributed by atoms with E-state index < -0.39 is 4.92 Å². The highest BCUT2D eigenvalue weighted by atomic mass is 16.6. The fourth-order valence-electron chi connectivity index (χ4n) is 2.57. The van der Waals surface area contributed by atoms with Crippen LogP contribution in [0.25, 0.3) is 0 Å². The average molecular weight is 291 g/mol. The zero-order chi connectivity index (χ0) is 15.4. The number of non-ortho nitro benzene ring substituents is 1. The minimum Gasteiger partial charge on any atom is -0.341 e. The number of carbonyl (C=O) groups is 1. The fraction of sp³-hybridized carbons (Fsp3) is 0.533. The quantitative estimate of drug-likeness (QED) is 0.640. The SMILES string of the molecule is CC(C)NC1CCN(CCc2ccc([N+](=O)[O-])cc2)C1=O. The molecule has 6 nitrogen and oxygen atoms in total. The van der Waals surface area contributed by atoms with Crippen molar-refractivity contribution in [2.75, 3.05) is 13.1 Å². The van der Waals surface area contributed by atoms with E-state index in [0.29, 0.717) is 12.6 Å². The van der Waals surface area contributed by atoms with E-state index in [9.17, 15) is 14.9 Å². The number of nitrogens with one attached hydrogen (secondary N) is 1. The lowest BCUT2D eigenvalue weighted by Crippen LogP contribution is -2.41. The number of hydrogen-bond donors (Lipinski definition) is 1.